The summed E-state index contributed by atoms with van der Waals surface area (Å²) < 4.78 is 25.1. The SMILES string of the molecule is CC(=O)NCC1CN(c2ccc(N3CCN(C(=O)COC(=O)C(C)(CO)CO)CC3)c(F)c2)C(=O)O1. The first-order valence-corrected chi connectivity index (χ1v) is 11.5. The van der Waals surface area contributed by atoms with E-state index in [9.17, 15) is 33.8 Å². The van der Waals surface area contributed by atoms with Gasteiger partial charge in [0.25, 0.3) is 5.91 Å². The second-order valence-corrected chi connectivity index (χ2v) is 9.01. The zero-order valence-corrected chi connectivity index (χ0v) is 20.2. The molecule has 198 valence electrons. The van der Waals surface area contributed by atoms with Crippen LogP contribution in [0.15, 0.2) is 18.2 Å². The van der Waals surface area contributed by atoms with E-state index in [4.69, 9.17) is 9.47 Å². The van der Waals surface area contributed by atoms with E-state index < -0.39 is 55.1 Å². The summed E-state index contributed by atoms with van der Waals surface area (Å²) in [4.78, 5) is 52.2. The molecule has 1 aromatic rings. The Hall–Kier alpha value is -3.45. The molecule has 0 spiro atoms. The molecule has 0 aliphatic carbocycles. The number of benzene rings is 1. The Morgan fingerprint density at radius 2 is 1.86 bits per heavy atom. The number of cyclic esters (lactones) is 1. The topological polar surface area (TPSA) is 149 Å². The van der Waals surface area contributed by atoms with Crippen molar-refractivity contribution >= 4 is 35.3 Å². The molecule has 1 atom stereocenters. The Kier molecular flexibility index (Phi) is 8.69. The molecule has 2 fully saturated rings. The van der Waals surface area contributed by atoms with Crippen LogP contribution in [0.2, 0.25) is 0 Å². The van der Waals surface area contributed by atoms with Crippen LogP contribution in [0.25, 0.3) is 0 Å². The van der Waals surface area contributed by atoms with Crippen molar-refractivity contribution < 1.29 is 43.3 Å². The molecule has 3 amide bonds. The van der Waals surface area contributed by atoms with Crippen LogP contribution in [0, 0.1) is 11.2 Å². The van der Waals surface area contributed by atoms with E-state index in [0.717, 1.165) is 0 Å². The quantitative estimate of drug-likeness (QED) is 0.373. The van der Waals surface area contributed by atoms with Gasteiger partial charge in [-0.2, -0.15) is 0 Å². The van der Waals surface area contributed by atoms with Crippen LogP contribution >= 0.6 is 0 Å². The summed E-state index contributed by atoms with van der Waals surface area (Å²) in [5, 5.41) is 21.1. The number of aliphatic hydroxyl groups excluding tert-OH is 2. The third-order valence-electron chi connectivity index (χ3n) is 6.19. The number of anilines is 2. The lowest BCUT2D eigenvalue weighted by molar-refractivity contribution is -0.164. The Bertz CT molecular complexity index is 994. The third kappa shape index (κ3) is 6.21. The van der Waals surface area contributed by atoms with Crippen LogP contribution in [0.5, 0.6) is 0 Å². The molecule has 3 N–H and O–H groups in total. The Morgan fingerprint density at radius 1 is 1.19 bits per heavy atom. The molecule has 3 rings (SSSR count). The number of nitrogens with one attached hydrogen (secondary N) is 1. The molecule has 36 heavy (non-hydrogen) atoms. The fraction of sp³-hybridized carbons (Fsp3) is 0.565. The highest BCUT2D eigenvalue weighted by Gasteiger charge is 2.35. The maximum atomic E-state index is 15.0. The summed E-state index contributed by atoms with van der Waals surface area (Å²) in [6.07, 6.45) is -1.15. The number of ether oxygens (including phenoxy) is 2. The van der Waals surface area contributed by atoms with Crippen molar-refractivity contribution in [1.82, 2.24) is 10.2 Å². The zero-order chi connectivity index (χ0) is 26.5. The summed E-state index contributed by atoms with van der Waals surface area (Å²) in [5.41, 5.74) is -0.831. The smallest absolute Gasteiger partial charge is 0.414 e. The van der Waals surface area contributed by atoms with Gasteiger partial charge in [-0.3, -0.25) is 19.3 Å². The number of rotatable bonds is 9. The van der Waals surface area contributed by atoms with Crippen molar-refractivity contribution in [3.63, 3.8) is 0 Å². The lowest BCUT2D eigenvalue weighted by atomic mass is 9.93. The largest absolute Gasteiger partial charge is 0.455 e. The van der Waals surface area contributed by atoms with Crippen molar-refractivity contribution in [2.24, 2.45) is 5.41 Å². The number of amides is 3. The van der Waals surface area contributed by atoms with Crippen LogP contribution < -0.4 is 15.1 Å². The van der Waals surface area contributed by atoms with Crippen molar-refractivity contribution in [2.45, 2.75) is 20.0 Å². The standard InChI is InChI=1S/C23H31FN4O8/c1-15(31)25-10-17-11-28(22(34)36-17)16-3-4-19(18(24)9-16)26-5-7-27(8-6-26)20(32)12-35-21(33)23(2,13-29)14-30/h3-4,9,17,29-30H,5-8,10-14H2,1-2H3,(H,25,31). The number of carbonyl (C=O) groups is 4. The van der Waals surface area contributed by atoms with E-state index in [1.165, 1.54) is 29.7 Å². The van der Waals surface area contributed by atoms with Crippen LogP contribution in [0.4, 0.5) is 20.6 Å². The maximum Gasteiger partial charge on any atom is 0.414 e. The minimum atomic E-state index is -1.49. The zero-order valence-electron chi connectivity index (χ0n) is 20.2. The summed E-state index contributed by atoms with van der Waals surface area (Å²) in [7, 11) is 0. The van der Waals surface area contributed by atoms with Gasteiger partial charge in [-0.15, -0.1) is 0 Å². The van der Waals surface area contributed by atoms with Crippen LogP contribution in [-0.2, 0) is 23.9 Å². The highest BCUT2D eigenvalue weighted by atomic mass is 19.1. The van der Waals surface area contributed by atoms with Crippen LogP contribution in [0.3, 0.4) is 0 Å². The van der Waals surface area contributed by atoms with Gasteiger partial charge in [0.1, 0.15) is 17.3 Å². The van der Waals surface area contributed by atoms with Gasteiger partial charge in [-0.25, -0.2) is 9.18 Å². The molecule has 0 bridgehead atoms. The first-order valence-electron chi connectivity index (χ1n) is 11.5. The molecular formula is C23H31FN4O8. The van der Waals surface area contributed by atoms with Crippen molar-refractivity contribution in [3.8, 4) is 0 Å². The van der Waals surface area contributed by atoms with E-state index in [1.54, 1.807) is 17.0 Å². The average Bonchev–Trinajstić information content (AvgIpc) is 3.25. The van der Waals surface area contributed by atoms with Gasteiger partial charge in [0.15, 0.2) is 6.61 Å². The number of hydrogen-bond donors (Lipinski definition) is 3. The summed E-state index contributed by atoms with van der Waals surface area (Å²) in [5.74, 6) is -2.08. The van der Waals surface area contributed by atoms with E-state index >= 15 is 0 Å². The number of hydrogen-bond acceptors (Lipinski definition) is 9. The van der Waals surface area contributed by atoms with E-state index in [-0.39, 0.29) is 32.1 Å². The second kappa shape index (κ2) is 11.5. The predicted molar refractivity (Wildman–Crippen MR) is 125 cm³/mol. The molecular weight excluding hydrogens is 479 g/mol. The molecule has 0 saturated carbocycles. The second-order valence-electron chi connectivity index (χ2n) is 9.01. The molecule has 13 heteroatoms. The van der Waals surface area contributed by atoms with Crippen molar-refractivity contribution in [1.29, 1.82) is 0 Å². The number of carbonyl (C=O) groups excluding carboxylic acids is 4. The Balaban J connectivity index is 1.53. The Labute approximate surface area is 207 Å². The minimum Gasteiger partial charge on any atom is -0.455 e. The lowest BCUT2D eigenvalue weighted by Crippen LogP contribution is -2.50. The molecule has 0 aromatic heterocycles. The van der Waals surface area contributed by atoms with Crippen molar-refractivity contribution in [3.05, 3.63) is 24.0 Å². The molecule has 2 aliphatic heterocycles. The number of nitrogens with zero attached hydrogens (tertiary/aromatic N) is 3. The van der Waals surface area contributed by atoms with E-state index in [0.29, 0.717) is 24.5 Å². The summed E-state index contributed by atoms with van der Waals surface area (Å²) in [6, 6.07) is 4.41. The fourth-order valence-electron chi connectivity index (χ4n) is 3.79. The van der Waals surface area contributed by atoms with Gasteiger partial charge in [0.2, 0.25) is 5.91 Å². The molecule has 2 saturated heterocycles. The average molecular weight is 511 g/mol. The maximum absolute atomic E-state index is 15.0. The first kappa shape index (κ1) is 27.1. The monoisotopic (exact) mass is 510 g/mol. The lowest BCUT2D eigenvalue weighted by Gasteiger charge is -2.36. The third-order valence-corrected chi connectivity index (χ3v) is 6.19. The van der Waals surface area contributed by atoms with Crippen LogP contribution in [-0.4, -0.2) is 104 Å². The van der Waals surface area contributed by atoms with Crippen LogP contribution in [0.1, 0.15) is 13.8 Å². The van der Waals surface area contributed by atoms with E-state index in [1.807, 2.05) is 0 Å². The molecule has 1 unspecified atom stereocenters. The van der Waals surface area contributed by atoms with Gasteiger partial charge >= 0.3 is 12.1 Å². The molecule has 12 nitrogen and oxygen atoms in total. The normalized spacial score (nSPS) is 18.2. The number of halogens is 1. The predicted octanol–water partition coefficient (Wildman–Crippen LogP) is -0.530. The fourth-order valence-corrected chi connectivity index (χ4v) is 3.79. The van der Waals surface area contributed by atoms with Gasteiger partial charge < -0.3 is 34.8 Å². The first-order chi connectivity index (χ1) is 17.1. The molecule has 2 heterocycles. The number of esters is 1. The van der Waals surface area contributed by atoms with Gasteiger partial charge in [0, 0.05) is 33.1 Å². The number of piperazine rings is 1. The summed E-state index contributed by atoms with van der Waals surface area (Å²) >= 11 is 0. The summed E-state index contributed by atoms with van der Waals surface area (Å²) in [6.45, 7) is 2.52. The van der Waals surface area contributed by atoms with Crippen molar-refractivity contribution in [2.75, 3.05) is 68.9 Å². The highest BCUT2D eigenvalue weighted by Crippen LogP contribution is 2.28. The van der Waals surface area contributed by atoms with Gasteiger partial charge in [-0.1, -0.05) is 0 Å². The number of aliphatic hydroxyl groups is 2. The van der Waals surface area contributed by atoms with Gasteiger partial charge in [-0.05, 0) is 25.1 Å². The molecule has 0 radical (unpaired) electrons. The molecule has 2 aliphatic rings. The minimum absolute atomic E-state index is 0.169. The highest BCUT2D eigenvalue weighted by molar-refractivity contribution is 5.90. The molecule has 1 aromatic carbocycles. The van der Waals surface area contributed by atoms with Gasteiger partial charge in [0.05, 0.1) is 37.7 Å². The van der Waals surface area contributed by atoms with E-state index in [2.05, 4.69) is 5.32 Å². The Morgan fingerprint density at radius 3 is 2.44 bits per heavy atom.